The van der Waals surface area contributed by atoms with Crippen LogP contribution in [0.15, 0.2) is 28.8 Å². The van der Waals surface area contributed by atoms with Crippen molar-refractivity contribution in [1.29, 1.82) is 0 Å². The average molecular weight is 393 g/mol. The van der Waals surface area contributed by atoms with E-state index < -0.39 is 0 Å². The largest absolute Gasteiger partial charge is 0.491 e. The second-order valence-corrected chi connectivity index (χ2v) is 8.45. The van der Waals surface area contributed by atoms with Gasteiger partial charge in [-0.1, -0.05) is 49.7 Å². The number of hydrogen-bond donors (Lipinski definition) is 0. The fraction of sp³-hybridized carbons (Fsp3) is 0.600. The van der Waals surface area contributed by atoms with Crippen LogP contribution in [0.3, 0.4) is 0 Å². The van der Waals surface area contributed by atoms with Gasteiger partial charge in [-0.3, -0.25) is 9.80 Å². The van der Waals surface area contributed by atoms with Gasteiger partial charge in [0.15, 0.2) is 5.82 Å². The second-order valence-electron chi connectivity index (χ2n) is 8.04. The lowest BCUT2D eigenvalue weighted by Crippen LogP contribution is -2.48. The molecule has 1 saturated heterocycles. The topological polar surface area (TPSA) is 54.6 Å². The third-order valence-electron chi connectivity index (χ3n) is 4.93. The van der Waals surface area contributed by atoms with Crippen LogP contribution in [0.4, 0.5) is 0 Å². The predicted molar refractivity (Wildman–Crippen MR) is 106 cm³/mol. The van der Waals surface area contributed by atoms with Gasteiger partial charge in [0.2, 0.25) is 5.89 Å². The molecule has 1 aromatic heterocycles. The van der Waals surface area contributed by atoms with Crippen LogP contribution >= 0.6 is 11.6 Å². The minimum atomic E-state index is -0.0954. The molecule has 0 spiro atoms. The molecule has 148 valence electrons. The Labute approximate surface area is 166 Å². The van der Waals surface area contributed by atoms with E-state index in [0.29, 0.717) is 17.5 Å². The predicted octanol–water partition coefficient (Wildman–Crippen LogP) is 3.78. The summed E-state index contributed by atoms with van der Waals surface area (Å²) < 4.78 is 11.3. The quantitative estimate of drug-likeness (QED) is 0.745. The summed E-state index contributed by atoms with van der Waals surface area (Å²) in [7, 11) is 0. The molecule has 3 rings (SSSR count). The first-order valence-electron chi connectivity index (χ1n) is 9.52. The molecule has 27 heavy (non-hydrogen) atoms. The minimum absolute atomic E-state index is 0.0954. The molecular weight excluding hydrogens is 364 g/mol. The highest BCUT2D eigenvalue weighted by atomic mass is 35.5. The van der Waals surface area contributed by atoms with Crippen molar-refractivity contribution in [3.63, 3.8) is 0 Å². The molecule has 0 amide bonds. The van der Waals surface area contributed by atoms with Gasteiger partial charge in [-0.05, 0) is 19.1 Å². The van der Waals surface area contributed by atoms with Crippen molar-refractivity contribution in [3.8, 4) is 5.75 Å². The number of para-hydroxylation sites is 1. The van der Waals surface area contributed by atoms with Crippen LogP contribution in [0.1, 0.15) is 45.5 Å². The van der Waals surface area contributed by atoms with Gasteiger partial charge in [0, 0.05) is 38.1 Å². The molecular formula is C20H29ClN4O2. The molecule has 6 nitrogen and oxygen atoms in total. The molecule has 1 aromatic carbocycles. The summed E-state index contributed by atoms with van der Waals surface area (Å²) in [5, 5.41) is 4.80. The SMILES string of the molecule is CC(c1nc(C(C)(C)C)no1)N1CCN(CCOc2ccccc2Cl)CC1. The van der Waals surface area contributed by atoms with Crippen molar-refractivity contribution >= 4 is 11.6 Å². The van der Waals surface area contributed by atoms with Crippen LogP contribution in [0.5, 0.6) is 5.75 Å². The maximum absolute atomic E-state index is 6.12. The summed E-state index contributed by atoms with van der Waals surface area (Å²) in [5.74, 6) is 2.22. The molecule has 1 atom stereocenters. The van der Waals surface area contributed by atoms with E-state index in [1.165, 1.54) is 0 Å². The Morgan fingerprint density at radius 2 is 1.89 bits per heavy atom. The third-order valence-corrected chi connectivity index (χ3v) is 5.24. The van der Waals surface area contributed by atoms with E-state index in [4.69, 9.17) is 20.9 Å². The maximum Gasteiger partial charge on any atom is 0.243 e. The Morgan fingerprint density at radius 3 is 2.52 bits per heavy atom. The van der Waals surface area contributed by atoms with E-state index in [1.807, 2.05) is 24.3 Å². The van der Waals surface area contributed by atoms with E-state index >= 15 is 0 Å². The van der Waals surface area contributed by atoms with Crippen molar-refractivity contribution in [1.82, 2.24) is 19.9 Å². The van der Waals surface area contributed by atoms with Gasteiger partial charge in [-0.15, -0.1) is 0 Å². The second kappa shape index (κ2) is 8.59. The number of hydrogen-bond acceptors (Lipinski definition) is 6. The number of aromatic nitrogens is 2. The number of piperazine rings is 1. The fourth-order valence-corrected chi connectivity index (χ4v) is 3.28. The Morgan fingerprint density at radius 1 is 1.19 bits per heavy atom. The monoisotopic (exact) mass is 392 g/mol. The lowest BCUT2D eigenvalue weighted by Gasteiger charge is -2.36. The highest BCUT2D eigenvalue weighted by Gasteiger charge is 2.28. The Bertz CT molecular complexity index is 736. The summed E-state index contributed by atoms with van der Waals surface area (Å²) >= 11 is 6.12. The van der Waals surface area contributed by atoms with Crippen molar-refractivity contribution in [2.24, 2.45) is 0 Å². The zero-order chi connectivity index (χ0) is 19.4. The van der Waals surface area contributed by atoms with Crippen molar-refractivity contribution < 1.29 is 9.26 Å². The first-order valence-corrected chi connectivity index (χ1v) is 9.90. The summed E-state index contributed by atoms with van der Waals surface area (Å²) in [6.07, 6.45) is 0. The fourth-order valence-electron chi connectivity index (χ4n) is 3.09. The van der Waals surface area contributed by atoms with Crippen LogP contribution < -0.4 is 4.74 Å². The van der Waals surface area contributed by atoms with Crippen molar-refractivity contribution in [3.05, 3.63) is 41.0 Å². The van der Waals surface area contributed by atoms with Crippen LogP contribution in [0.2, 0.25) is 5.02 Å². The molecule has 2 aromatic rings. The van der Waals surface area contributed by atoms with Gasteiger partial charge in [0.1, 0.15) is 12.4 Å². The van der Waals surface area contributed by atoms with Gasteiger partial charge >= 0.3 is 0 Å². The molecule has 1 aliphatic heterocycles. The van der Waals surface area contributed by atoms with Gasteiger partial charge in [0.25, 0.3) is 0 Å². The summed E-state index contributed by atoms with van der Waals surface area (Å²) in [4.78, 5) is 9.41. The standard InChI is InChI=1S/C20H29ClN4O2/c1-15(18-22-19(23-27-18)20(2,3)4)25-11-9-24(10-12-25)13-14-26-17-8-6-5-7-16(17)21/h5-8,15H,9-14H2,1-4H3. The van der Waals surface area contributed by atoms with E-state index in [9.17, 15) is 0 Å². The Hall–Kier alpha value is -1.63. The third kappa shape index (κ3) is 5.21. The van der Waals surface area contributed by atoms with Crippen molar-refractivity contribution in [2.45, 2.75) is 39.2 Å². The molecule has 0 bridgehead atoms. The number of rotatable bonds is 6. The van der Waals surface area contributed by atoms with Crippen molar-refractivity contribution in [2.75, 3.05) is 39.3 Å². The summed E-state index contributed by atoms with van der Waals surface area (Å²) in [5.41, 5.74) is -0.0954. The smallest absolute Gasteiger partial charge is 0.243 e. The highest BCUT2D eigenvalue weighted by Crippen LogP contribution is 2.25. The number of halogens is 1. The van der Waals surface area contributed by atoms with Crippen LogP contribution in [0, 0.1) is 0 Å². The molecule has 7 heteroatoms. The lowest BCUT2D eigenvalue weighted by molar-refractivity contribution is 0.0800. The van der Waals surface area contributed by atoms with E-state index in [-0.39, 0.29) is 11.5 Å². The number of benzene rings is 1. The van der Waals surface area contributed by atoms with Crippen LogP contribution in [0.25, 0.3) is 0 Å². The van der Waals surface area contributed by atoms with Gasteiger partial charge in [-0.25, -0.2) is 0 Å². The Balaban J connectivity index is 1.44. The van der Waals surface area contributed by atoms with Crippen LogP contribution in [-0.4, -0.2) is 59.3 Å². The zero-order valence-corrected chi connectivity index (χ0v) is 17.4. The van der Waals surface area contributed by atoms with Crippen LogP contribution in [-0.2, 0) is 5.41 Å². The minimum Gasteiger partial charge on any atom is -0.491 e. The van der Waals surface area contributed by atoms with Gasteiger partial charge in [-0.2, -0.15) is 4.98 Å². The maximum atomic E-state index is 6.12. The van der Waals surface area contributed by atoms with Gasteiger partial charge < -0.3 is 9.26 Å². The molecule has 0 saturated carbocycles. The molecule has 0 radical (unpaired) electrons. The zero-order valence-electron chi connectivity index (χ0n) is 16.6. The van der Waals surface area contributed by atoms with Gasteiger partial charge in [0.05, 0.1) is 11.1 Å². The summed E-state index contributed by atoms with van der Waals surface area (Å²) in [6, 6.07) is 7.72. The molecule has 2 heterocycles. The first-order chi connectivity index (χ1) is 12.8. The lowest BCUT2D eigenvalue weighted by atomic mass is 9.96. The molecule has 0 aliphatic carbocycles. The number of nitrogens with zero attached hydrogens (tertiary/aromatic N) is 4. The highest BCUT2D eigenvalue weighted by molar-refractivity contribution is 6.32. The van der Waals surface area contributed by atoms with E-state index in [1.54, 1.807) is 0 Å². The van der Waals surface area contributed by atoms with E-state index in [2.05, 4.69) is 47.6 Å². The summed E-state index contributed by atoms with van der Waals surface area (Å²) in [6.45, 7) is 13.9. The normalized spacial score (nSPS) is 17.8. The average Bonchev–Trinajstić information content (AvgIpc) is 3.14. The Kier molecular flexibility index (Phi) is 6.40. The molecule has 1 aliphatic rings. The molecule has 1 fully saturated rings. The first kappa shape index (κ1) is 20.1. The van der Waals surface area contributed by atoms with E-state index in [0.717, 1.165) is 44.3 Å². The molecule has 0 N–H and O–H groups in total. The number of ether oxygens (including phenoxy) is 1. The molecule has 1 unspecified atom stereocenters.